The van der Waals surface area contributed by atoms with Crippen molar-refractivity contribution < 1.29 is 9.18 Å². The van der Waals surface area contributed by atoms with Crippen LogP contribution in [-0.4, -0.2) is 5.78 Å². The minimum atomic E-state index is -0.611. The molecule has 0 fully saturated rings. The fourth-order valence-corrected chi connectivity index (χ4v) is 2.40. The third kappa shape index (κ3) is 1.80. The first-order valence-electron chi connectivity index (χ1n) is 5.49. The molecule has 1 nitrogen and oxygen atoms in total. The van der Waals surface area contributed by atoms with E-state index in [2.05, 4.69) is 6.58 Å². The number of hydrogen-bond donors (Lipinski definition) is 0. The van der Waals surface area contributed by atoms with Crippen LogP contribution in [0, 0.1) is 5.41 Å². The Labute approximate surface area is 95.0 Å². The number of ketones is 1. The van der Waals surface area contributed by atoms with Crippen LogP contribution in [0.5, 0.6) is 0 Å². The zero-order valence-corrected chi connectivity index (χ0v) is 9.42. The summed E-state index contributed by atoms with van der Waals surface area (Å²) in [5, 5.41) is 0. The molecule has 0 amide bonds. The summed E-state index contributed by atoms with van der Waals surface area (Å²) in [6, 6.07) is 7.59. The van der Waals surface area contributed by atoms with Crippen LogP contribution in [0.4, 0.5) is 4.39 Å². The summed E-state index contributed by atoms with van der Waals surface area (Å²) in [7, 11) is 0. The molecule has 0 N–H and O–H groups in total. The number of rotatable bonds is 2. The van der Waals surface area contributed by atoms with E-state index in [4.69, 9.17) is 0 Å². The van der Waals surface area contributed by atoms with Gasteiger partial charge >= 0.3 is 0 Å². The van der Waals surface area contributed by atoms with E-state index in [0.717, 1.165) is 17.5 Å². The molecule has 0 radical (unpaired) electrons. The Kier molecular flexibility index (Phi) is 2.66. The van der Waals surface area contributed by atoms with Crippen LogP contribution in [0.3, 0.4) is 0 Å². The Hall–Kier alpha value is -1.44. The molecule has 1 atom stereocenters. The van der Waals surface area contributed by atoms with E-state index in [0.29, 0.717) is 6.42 Å². The maximum absolute atomic E-state index is 12.9. The van der Waals surface area contributed by atoms with Gasteiger partial charge in [0.15, 0.2) is 5.78 Å². The molecular weight excluding hydrogens is 203 g/mol. The molecule has 1 aromatic carbocycles. The summed E-state index contributed by atoms with van der Waals surface area (Å²) in [6.07, 6.45) is 1.68. The first-order valence-corrected chi connectivity index (χ1v) is 5.49. The number of allylic oxidation sites excluding steroid dienone is 1. The number of aryl methyl sites for hydroxylation is 1. The van der Waals surface area contributed by atoms with Crippen LogP contribution < -0.4 is 0 Å². The van der Waals surface area contributed by atoms with E-state index in [9.17, 15) is 9.18 Å². The van der Waals surface area contributed by atoms with Gasteiger partial charge in [0.2, 0.25) is 0 Å². The van der Waals surface area contributed by atoms with Crippen molar-refractivity contribution in [2.75, 3.05) is 0 Å². The molecule has 1 aliphatic carbocycles. The highest BCUT2D eigenvalue weighted by atomic mass is 19.1. The molecule has 84 valence electrons. The Balaban J connectivity index is 2.37. The molecule has 0 saturated heterocycles. The number of halogens is 1. The van der Waals surface area contributed by atoms with Crippen molar-refractivity contribution in [3.05, 3.63) is 47.8 Å². The van der Waals surface area contributed by atoms with E-state index in [-0.39, 0.29) is 12.2 Å². The Bertz CT molecular complexity index is 450. The highest BCUT2D eigenvalue weighted by Gasteiger charge is 2.38. The molecule has 0 aliphatic heterocycles. The van der Waals surface area contributed by atoms with Crippen molar-refractivity contribution in [2.45, 2.75) is 26.2 Å². The first-order chi connectivity index (χ1) is 7.53. The van der Waals surface area contributed by atoms with Crippen LogP contribution in [0.15, 0.2) is 36.7 Å². The van der Waals surface area contributed by atoms with Crippen molar-refractivity contribution in [1.82, 2.24) is 0 Å². The van der Waals surface area contributed by atoms with E-state index < -0.39 is 11.2 Å². The molecule has 0 saturated carbocycles. The van der Waals surface area contributed by atoms with Crippen LogP contribution in [0.2, 0.25) is 0 Å². The van der Waals surface area contributed by atoms with Gasteiger partial charge in [-0.2, -0.15) is 0 Å². The molecule has 0 bridgehead atoms. The zero-order valence-electron chi connectivity index (χ0n) is 9.42. The lowest BCUT2D eigenvalue weighted by molar-refractivity contribution is 0.0775. The number of carbonyl (C=O) groups excluding carboxylic acids is 1. The number of hydrogen-bond acceptors (Lipinski definition) is 1. The van der Waals surface area contributed by atoms with Crippen molar-refractivity contribution in [1.29, 1.82) is 0 Å². The van der Waals surface area contributed by atoms with Gasteiger partial charge in [0.25, 0.3) is 0 Å². The second kappa shape index (κ2) is 3.85. The van der Waals surface area contributed by atoms with Gasteiger partial charge in [0, 0.05) is 17.4 Å². The summed E-state index contributed by atoms with van der Waals surface area (Å²) >= 11 is 0. The van der Waals surface area contributed by atoms with Crippen molar-refractivity contribution in [3.63, 3.8) is 0 Å². The molecule has 0 heterocycles. The van der Waals surface area contributed by atoms with Crippen molar-refractivity contribution in [2.24, 2.45) is 5.41 Å². The summed E-state index contributed by atoms with van der Waals surface area (Å²) in [5.74, 6) is -0.358. The van der Waals surface area contributed by atoms with E-state index >= 15 is 0 Å². The number of fused-ring (bicyclic) bond motifs is 1. The molecule has 16 heavy (non-hydrogen) atoms. The van der Waals surface area contributed by atoms with Gasteiger partial charge in [-0.15, -0.1) is 0 Å². The van der Waals surface area contributed by atoms with E-state index in [1.165, 1.54) is 0 Å². The van der Waals surface area contributed by atoms with Gasteiger partial charge in [-0.3, -0.25) is 4.79 Å². The third-order valence-corrected chi connectivity index (χ3v) is 3.34. The molecule has 0 unspecified atom stereocenters. The summed E-state index contributed by atoms with van der Waals surface area (Å²) in [4.78, 5) is 12.3. The predicted molar refractivity (Wildman–Crippen MR) is 62.1 cm³/mol. The van der Waals surface area contributed by atoms with Gasteiger partial charge in [-0.05, 0) is 18.4 Å². The third-order valence-electron chi connectivity index (χ3n) is 3.34. The number of carbonyl (C=O) groups is 1. The summed E-state index contributed by atoms with van der Waals surface area (Å²) < 4.78 is 12.9. The lowest BCUT2D eigenvalue weighted by Gasteiger charge is -2.32. The standard InChI is InChI=1S/C14H15FO/c1-10(15)9-14(2)8-7-11-5-3-4-6-12(11)13(14)16/h3-6H,1,7-9H2,2H3/t14-/m0/s1. The van der Waals surface area contributed by atoms with Gasteiger partial charge in [-0.25, -0.2) is 4.39 Å². The van der Waals surface area contributed by atoms with E-state index in [1.54, 1.807) is 0 Å². The Morgan fingerprint density at radius 3 is 2.88 bits per heavy atom. The summed E-state index contributed by atoms with van der Waals surface area (Å²) in [6.45, 7) is 5.10. The number of benzene rings is 1. The molecule has 1 aliphatic rings. The lowest BCUT2D eigenvalue weighted by Crippen LogP contribution is -2.33. The van der Waals surface area contributed by atoms with Crippen LogP contribution in [0.25, 0.3) is 0 Å². The molecular formula is C14H15FO. The highest BCUT2D eigenvalue weighted by molar-refractivity contribution is 6.02. The molecule has 1 aromatic rings. The highest BCUT2D eigenvalue weighted by Crippen LogP contribution is 2.39. The first kappa shape index (κ1) is 11.1. The minimum absolute atomic E-state index is 0.0492. The quantitative estimate of drug-likeness (QED) is 0.739. The zero-order chi connectivity index (χ0) is 11.8. The van der Waals surface area contributed by atoms with Crippen molar-refractivity contribution in [3.8, 4) is 0 Å². The van der Waals surface area contributed by atoms with Crippen molar-refractivity contribution >= 4 is 5.78 Å². The van der Waals surface area contributed by atoms with Gasteiger partial charge in [0.05, 0.1) is 5.83 Å². The minimum Gasteiger partial charge on any atom is -0.294 e. The Morgan fingerprint density at radius 2 is 2.19 bits per heavy atom. The molecule has 2 heteroatoms. The predicted octanol–water partition coefficient (Wildman–Crippen LogP) is 3.70. The lowest BCUT2D eigenvalue weighted by atomic mass is 9.70. The smallest absolute Gasteiger partial charge is 0.169 e. The van der Waals surface area contributed by atoms with Crippen LogP contribution in [-0.2, 0) is 6.42 Å². The maximum atomic E-state index is 12.9. The molecule has 2 rings (SSSR count). The second-order valence-electron chi connectivity index (χ2n) is 4.74. The van der Waals surface area contributed by atoms with E-state index in [1.807, 2.05) is 31.2 Å². The van der Waals surface area contributed by atoms with Gasteiger partial charge in [-0.1, -0.05) is 37.8 Å². The van der Waals surface area contributed by atoms with Gasteiger partial charge in [0.1, 0.15) is 0 Å². The monoisotopic (exact) mass is 218 g/mol. The molecule has 0 aromatic heterocycles. The largest absolute Gasteiger partial charge is 0.294 e. The molecule has 0 spiro atoms. The topological polar surface area (TPSA) is 17.1 Å². The summed E-state index contributed by atoms with van der Waals surface area (Å²) in [5.41, 5.74) is 1.21. The van der Waals surface area contributed by atoms with Crippen LogP contribution in [0.1, 0.15) is 35.7 Å². The normalized spacial score (nSPS) is 24.0. The number of Topliss-reactive ketones (excluding diaryl/α,β-unsaturated/α-hetero) is 1. The maximum Gasteiger partial charge on any atom is 0.169 e. The fourth-order valence-electron chi connectivity index (χ4n) is 2.40. The average molecular weight is 218 g/mol. The van der Waals surface area contributed by atoms with Crippen LogP contribution >= 0.6 is 0 Å². The Morgan fingerprint density at radius 1 is 1.50 bits per heavy atom. The second-order valence-corrected chi connectivity index (χ2v) is 4.74. The SMILES string of the molecule is C=C(F)C[C@]1(C)CCc2ccccc2C1=O. The average Bonchev–Trinajstić information content (AvgIpc) is 2.24. The fraction of sp³-hybridized carbons (Fsp3) is 0.357. The van der Waals surface area contributed by atoms with Gasteiger partial charge < -0.3 is 0 Å².